The maximum Gasteiger partial charge on any atom is 0.311 e. The average molecular weight is 256 g/mol. The molecule has 0 spiro atoms. The van der Waals surface area contributed by atoms with Crippen LogP contribution in [0.1, 0.15) is 6.42 Å². The monoisotopic (exact) mass is 256 g/mol. The van der Waals surface area contributed by atoms with Gasteiger partial charge in [-0.25, -0.2) is 0 Å². The van der Waals surface area contributed by atoms with Crippen molar-refractivity contribution in [2.75, 3.05) is 46.8 Å². The van der Waals surface area contributed by atoms with Gasteiger partial charge in [-0.2, -0.15) is 0 Å². The van der Waals surface area contributed by atoms with E-state index in [2.05, 4.69) is 10.6 Å². The molecular weight excluding hydrogens is 236 g/mol. The van der Waals surface area contributed by atoms with Gasteiger partial charge in [0.1, 0.15) is 0 Å². The highest BCUT2D eigenvalue weighted by atomic mass is 16.2. The Labute approximate surface area is 106 Å². The van der Waals surface area contributed by atoms with Crippen molar-refractivity contribution in [1.82, 2.24) is 20.4 Å². The number of rotatable bonds is 2. The first-order valence-corrected chi connectivity index (χ1v) is 6.00. The van der Waals surface area contributed by atoms with Gasteiger partial charge >= 0.3 is 11.8 Å². The minimum Gasteiger partial charge on any atom is -0.347 e. The lowest BCUT2D eigenvalue weighted by Gasteiger charge is -2.19. The number of nitrogens with one attached hydrogen (secondary N) is 2. The number of carbonyl (C=O) groups excluding carboxylic acids is 3. The summed E-state index contributed by atoms with van der Waals surface area (Å²) in [5.74, 6) is -1.52. The van der Waals surface area contributed by atoms with E-state index in [-0.39, 0.29) is 12.5 Å². The van der Waals surface area contributed by atoms with Gasteiger partial charge in [0, 0.05) is 33.7 Å². The van der Waals surface area contributed by atoms with E-state index in [1.54, 1.807) is 14.1 Å². The van der Waals surface area contributed by atoms with Crippen molar-refractivity contribution in [2.45, 2.75) is 6.42 Å². The normalized spacial score (nSPS) is 15.8. The van der Waals surface area contributed by atoms with Crippen LogP contribution >= 0.6 is 0 Å². The van der Waals surface area contributed by atoms with Crippen LogP contribution in [0.2, 0.25) is 0 Å². The molecule has 7 heteroatoms. The van der Waals surface area contributed by atoms with Gasteiger partial charge in [0.15, 0.2) is 0 Å². The zero-order chi connectivity index (χ0) is 13.5. The van der Waals surface area contributed by atoms with E-state index >= 15 is 0 Å². The fraction of sp³-hybridized carbons (Fsp3) is 0.727. The molecule has 2 N–H and O–H groups in total. The van der Waals surface area contributed by atoms with Crippen molar-refractivity contribution in [3.05, 3.63) is 0 Å². The highest BCUT2D eigenvalue weighted by Crippen LogP contribution is 1.96. The van der Waals surface area contributed by atoms with E-state index in [9.17, 15) is 14.4 Å². The van der Waals surface area contributed by atoms with Crippen LogP contribution in [0.5, 0.6) is 0 Å². The number of nitrogens with zero attached hydrogens (tertiary/aromatic N) is 2. The first-order valence-electron chi connectivity index (χ1n) is 6.00. The Morgan fingerprint density at radius 3 is 2.61 bits per heavy atom. The SMILES string of the molecule is CN(C)C(=O)CNC(=O)C(=O)N1CCCNCC1. The molecule has 1 aliphatic heterocycles. The lowest BCUT2D eigenvalue weighted by Crippen LogP contribution is -2.46. The summed E-state index contributed by atoms with van der Waals surface area (Å²) < 4.78 is 0. The fourth-order valence-corrected chi connectivity index (χ4v) is 1.58. The zero-order valence-electron chi connectivity index (χ0n) is 10.9. The van der Waals surface area contributed by atoms with Gasteiger partial charge in [0.2, 0.25) is 5.91 Å². The third kappa shape index (κ3) is 4.33. The Morgan fingerprint density at radius 2 is 1.94 bits per heavy atom. The average Bonchev–Trinajstić information content (AvgIpc) is 2.63. The molecular formula is C11H20N4O3. The van der Waals surface area contributed by atoms with Crippen molar-refractivity contribution in [2.24, 2.45) is 0 Å². The number of hydrogen-bond acceptors (Lipinski definition) is 4. The van der Waals surface area contributed by atoms with Crippen LogP contribution in [0, 0.1) is 0 Å². The van der Waals surface area contributed by atoms with Crippen molar-refractivity contribution < 1.29 is 14.4 Å². The summed E-state index contributed by atoms with van der Waals surface area (Å²) in [5, 5.41) is 5.49. The second kappa shape index (κ2) is 6.95. The molecule has 0 aromatic rings. The van der Waals surface area contributed by atoms with Crippen LogP contribution in [0.15, 0.2) is 0 Å². The minimum atomic E-state index is -0.716. The molecule has 7 nitrogen and oxygen atoms in total. The van der Waals surface area contributed by atoms with Gasteiger partial charge in [-0.15, -0.1) is 0 Å². The Hall–Kier alpha value is -1.63. The van der Waals surface area contributed by atoms with E-state index in [0.717, 1.165) is 13.0 Å². The van der Waals surface area contributed by atoms with Crippen molar-refractivity contribution in [3.8, 4) is 0 Å². The van der Waals surface area contributed by atoms with E-state index in [1.165, 1.54) is 9.80 Å². The standard InChI is InChI=1S/C11H20N4O3/c1-14(2)9(16)8-13-10(17)11(18)15-6-3-4-12-5-7-15/h12H,3-8H2,1-2H3,(H,13,17). The first kappa shape index (κ1) is 14.4. The third-order valence-corrected chi connectivity index (χ3v) is 2.72. The molecule has 0 bridgehead atoms. The number of likely N-dealkylation sites (N-methyl/N-ethyl adjacent to an activating group) is 1. The third-order valence-electron chi connectivity index (χ3n) is 2.72. The quantitative estimate of drug-likeness (QED) is 0.561. The maximum absolute atomic E-state index is 11.8. The van der Waals surface area contributed by atoms with Crippen molar-refractivity contribution >= 4 is 17.7 Å². The molecule has 1 fully saturated rings. The van der Waals surface area contributed by atoms with Gasteiger partial charge in [0.05, 0.1) is 6.54 Å². The largest absolute Gasteiger partial charge is 0.347 e. The van der Waals surface area contributed by atoms with E-state index in [4.69, 9.17) is 0 Å². The summed E-state index contributed by atoms with van der Waals surface area (Å²) in [5.41, 5.74) is 0. The lowest BCUT2D eigenvalue weighted by molar-refractivity contribution is -0.146. The van der Waals surface area contributed by atoms with Gasteiger partial charge in [-0.05, 0) is 13.0 Å². The molecule has 0 aromatic carbocycles. The predicted octanol–water partition coefficient (Wildman–Crippen LogP) is -1.99. The van der Waals surface area contributed by atoms with E-state index < -0.39 is 11.8 Å². The van der Waals surface area contributed by atoms with Gasteiger partial charge in [-0.1, -0.05) is 0 Å². The van der Waals surface area contributed by atoms with Crippen LogP contribution in [0.3, 0.4) is 0 Å². The first-order chi connectivity index (χ1) is 8.52. The molecule has 1 saturated heterocycles. The zero-order valence-corrected chi connectivity index (χ0v) is 10.9. The number of hydrogen-bond donors (Lipinski definition) is 2. The molecule has 0 aliphatic carbocycles. The lowest BCUT2D eigenvalue weighted by atomic mass is 10.3. The van der Waals surface area contributed by atoms with Gasteiger partial charge in [0.25, 0.3) is 0 Å². The second-order valence-electron chi connectivity index (χ2n) is 4.37. The molecule has 3 amide bonds. The van der Waals surface area contributed by atoms with Crippen LogP contribution in [0.4, 0.5) is 0 Å². The Bertz CT molecular complexity index is 322. The number of amides is 3. The number of carbonyl (C=O) groups is 3. The highest BCUT2D eigenvalue weighted by molar-refractivity contribution is 6.35. The molecule has 102 valence electrons. The Morgan fingerprint density at radius 1 is 1.22 bits per heavy atom. The maximum atomic E-state index is 11.8. The van der Waals surface area contributed by atoms with E-state index in [0.29, 0.717) is 19.6 Å². The smallest absolute Gasteiger partial charge is 0.311 e. The van der Waals surface area contributed by atoms with Crippen molar-refractivity contribution in [1.29, 1.82) is 0 Å². The summed E-state index contributed by atoms with van der Waals surface area (Å²) in [7, 11) is 3.19. The molecule has 1 heterocycles. The van der Waals surface area contributed by atoms with Gasteiger partial charge in [-0.3, -0.25) is 14.4 Å². The second-order valence-corrected chi connectivity index (χ2v) is 4.37. The van der Waals surface area contributed by atoms with Crippen LogP contribution in [0.25, 0.3) is 0 Å². The summed E-state index contributed by atoms with van der Waals surface area (Å²) in [6, 6.07) is 0. The van der Waals surface area contributed by atoms with Crippen LogP contribution in [-0.4, -0.2) is 74.3 Å². The summed E-state index contributed by atoms with van der Waals surface area (Å²) in [6.45, 7) is 2.48. The molecule has 0 aromatic heterocycles. The molecule has 0 atom stereocenters. The molecule has 1 rings (SSSR count). The fourth-order valence-electron chi connectivity index (χ4n) is 1.58. The topological polar surface area (TPSA) is 81.8 Å². The van der Waals surface area contributed by atoms with Crippen molar-refractivity contribution in [3.63, 3.8) is 0 Å². The summed E-state index contributed by atoms with van der Waals surface area (Å²) in [6.07, 6.45) is 0.829. The Balaban J connectivity index is 2.40. The highest BCUT2D eigenvalue weighted by Gasteiger charge is 2.22. The Kier molecular flexibility index (Phi) is 5.57. The van der Waals surface area contributed by atoms with Crippen LogP contribution in [-0.2, 0) is 14.4 Å². The predicted molar refractivity (Wildman–Crippen MR) is 65.8 cm³/mol. The van der Waals surface area contributed by atoms with E-state index in [1.807, 2.05) is 0 Å². The summed E-state index contributed by atoms with van der Waals surface area (Å²) in [4.78, 5) is 37.5. The molecule has 0 unspecified atom stereocenters. The molecule has 0 saturated carbocycles. The molecule has 18 heavy (non-hydrogen) atoms. The minimum absolute atomic E-state index is 0.149. The molecule has 0 radical (unpaired) electrons. The summed E-state index contributed by atoms with van der Waals surface area (Å²) >= 11 is 0. The molecule has 1 aliphatic rings. The van der Waals surface area contributed by atoms with Crippen LogP contribution < -0.4 is 10.6 Å². The van der Waals surface area contributed by atoms with Gasteiger partial charge < -0.3 is 20.4 Å².